The standard InChI is InChI=1S/C11H20N2O2/c14-8-7-13(10-5-6-10)11(15)12-9-3-1-2-4-9/h9-10,14H,1-8H2,(H,12,15). The van der Waals surface area contributed by atoms with E-state index in [0.29, 0.717) is 18.6 Å². The van der Waals surface area contributed by atoms with Crippen molar-refractivity contribution in [1.29, 1.82) is 0 Å². The molecule has 2 amide bonds. The Balaban J connectivity index is 1.80. The SMILES string of the molecule is O=C(NC1CCCC1)N(CCO)C1CC1. The molecular formula is C11H20N2O2. The lowest BCUT2D eigenvalue weighted by Crippen LogP contribution is -2.46. The Morgan fingerprint density at radius 3 is 2.47 bits per heavy atom. The molecule has 0 radical (unpaired) electrons. The number of carbonyl (C=O) groups excluding carboxylic acids is 1. The van der Waals surface area contributed by atoms with Crippen molar-refractivity contribution in [2.24, 2.45) is 0 Å². The number of amides is 2. The van der Waals surface area contributed by atoms with Crippen molar-refractivity contribution in [2.45, 2.75) is 50.6 Å². The lowest BCUT2D eigenvalue weighted by atomic mass is 10.2. The van der Waals surface area contributed by atoms with E-state index in [4.69, 9.17) is 5.11 Å². The molecule has 0 unspecified atom stereocenters. The number of aliphatic hydroxyl groups excluding tert-OH is 1. The van der Waals surface area contributed by atoms with Crippen molar-refractivity contribution in [3.05, 3.63) is 0 Å². The largest absolute Gasteiger partial charge is 0.395 e. The van der Waals surface area contributed by atoms with Gasteiger partial charge in [-0.15, -0.1) is 0 Å². The zero-order valence-electron chi connectivity index (χ0n) is 9.11. The van der Waals surface area contributed by atoms with E-state index < -0.39 is 0 Å². The normalized spacial score (nSPS) is 21.7. The van der Waals surface area contributed by atoms with Crippen molar-refractivity contribution in [3.8, 4) is 0 Å². The molecule has 2 aliphatic carbocycles. The van der Waals surface area contributed by atoms with Crippen LogP contribution in [-0.4, -0.2) is 41.3 Å². The minimum absolute atomic E-state index is 0.0263. The first-order valence-corrected chi connectivity index (χ1v) is 5.99. The molecule has 0 heterocycles. The van der Waals surface area contributed by atoms with Crippen molar-refractivity contribution in [3.63, 3.8) is 0 Å². The summed E-state index contributed by atoms with van der Waals surface area (Å²) in [5, 5.41) is 12.0. The third-order valence-corrected chi connectivity index (χ3v) is 3.27. The fourth-order valence-electron chi connectivity index (χ4n) is 2.27. The van der Waals surface area contributed by atoms with E-state index in [9.17, 15) is 4.79 Å². The van der Waals surface area contributed by atoms with Crippen LogP contribution in [0.15, 0.2) is 0 Å². The fourth-order valence-corrected chi connectivity index (χ4v) is 2.27. The van der Waals surface area contributed by atoms with Gasteiger partial charge in [-0.2, -0.15) is 0 Å². The van der Waals surface area contributed by atoms with Gasteiger partial charge in [0.15, 0.2) is 0 Å². The molecule has 2 fully saturated rings. The van der Waals surface area contributed by atoms with Crippen LogP contribution in [0.5, 0.6) is 0 Å². The zero-order chi connectivity index (χ0) is 10.7. The Morgan fingerprint density at radius 1 is 1.27 bits per heavy atom. The summed E-state index contributed by atoms with van der Waals surface area (Å²) in [7, 11) is 0. The Kier molecular flexibility index (Phi) is 3.46. The quantitative estimate of drug-likeness (QED) is 0.733. The maximum atomic E-state index is 11.9. The Morgan fingerprint density at radius 2 is 1.93 bits per heavy atom. The van der Waals surface area contributed by atoms with Gasteiger partial charge in [-0.25, -0.2) is 4.79 Å². The second-order valence-corrected chi connectivity index (χ2v) is 4.58. The van der Waals surface area contributed by atoms with Crippen LogP contribution in [0.25, 0.3) is 0 Å². The molecule has 2 aliphatic rings. The van der Waals surface area contributed by atoms with Crippen LogP contribution in [0.1, 0.15) is 38.5 Å². The third-order valence-electron chi connectivity index (χ3n) is 3.27. The summed E-state index contributed by atoms with van der Waals surface area (Å²) < 4.78 is 0. The van der Waals surface area contributed by atoms with Gasteiger partial charge in [0.2, 0.25) is 0 Å². The molecule has 15 heavy (non-hydrogen) atoms. The molecule has 4 heteroatoms. The lowest BCUT2D eigenvalue weighted by Gasteiger charge is -2.24. The van der Waals surface area contributed by atoms with Crippen LogP contribution in [0, 0.1) is 0 Å². The number of carbonyl (C=O) groups is 1. The molecule has 0 aliphatic heterocycles. The van der Waals surface area contributed by atoms with E-state index in [2.05, 4.69) is 5.32 Å². The van der Waals surface area contributed by atoms with Gasteiger partial charge in [0.05, 0.1) is 6.61 Å². The molecule has 2 saturated carbocycles. The van der Waals surface area contributed by atoms with Gasteiger partial charge >= 0.3 is 6.03 Å². The molecule has 0 saturated heterocycles. The average molecular weight is 212 g/mol. The lowest BCUT2D eigenvalue weighted by molar-refractivity contribution is 0.170. The fraction of sp³-hybridized carbons (Fsp3) is 0.909. The average Bonchev–Trinajstić information content (AvgIpc) is 2.93. The Bertz CT molecular complexity index is 223. The molecular weight excluding hydrogens is 192 g/mol. The van der Waals surface area contributed by atoms with Gasteiger partial charge in [-0.05, 0) is 25.7 Å². The minimum Gasteiger partial charge on any atom is -0.395 e. The predicted molar refractivity (Wildman–Crippen MR) is 57.6 cm³/mol. The summed E-state index contributed by atoms with van der Waals surface area (Å²) in [6, 6.07) is 0.787. The molecule has 0 spiro atoms. The highest BCUT2D eigenvalue weighted by Gasteiger charge is 2.33. The summed E-state index contributed by atoms with van der Waals surface area (Å²) >= 11 is 0. The highest BCUT2D eigenvalue weighted by atomic mass is 16.3. The monoisotopic (exact) mass is 212 g/mol. The number of hydrogen-bond acceptors (Lipinski definition) is 2. The van der Waals surface area contributed by atoms with Crippen molar-refractivity contribution < 1.29 is 9.90 Å². The highest BCUT2D eigenvalue weighted by molar-refractivity contribution is 5.75. The predicted octanol–water partition coefficient (Wildman–Crippen LogP) is 1.10. The molecule has 0 bridgehead atoms. The van der Waals surface area contributed by atoms with Crippen molar-refractivity contribution in [1.82, 2.24) is 10.2 Å². The molecule has 0 aromatic rings. The van der Waals surface area contributed by atoms with Gasteiger partial charge in [0.25, 0.3) is 0 Å². The van der Waals surface area contributed by atoms with E-state index >= 15 is 0 Å². The molecule has 4 nitrogen and oxygen atoms in total. The van der Waals surface area contributed by atoms with Gasteiger partial charge in [-0.1, -0.05) is 12.8 Å². The van der Waals surface area contributed by atoms with Crippen LogP contribution >= 0.6 is 0 Å². The van der Waals surface area contributed by atoms with E-state index in [1.165, 1.54) is 12.8 Å². The zero-order valence-corrected chi connectivity index (χ0v) is 9.11. The Hall–Kier alpha value is -0.770. The number of rotatable bonds is 4. The van der Waals surface area contributed by atoms with Crippen LogP contribution in [0.3, 0.4) is 0 Å². The van der Waals surface area contributed by atoms with E-state index in [0.717, 1.165) is 25.7 Å². The summed E-state index contributed by atoms with van der Waals surface area (Å²) in [4.78, 5) is 13.7. The minimum atomic E-state index is 0.0263. The molecule has 2 rings (SSSR count). The smallest absolute Gasteiger partial charge is 0.317 e. The number of hydrogen-bond donors (Lipinski definition) is 2. The summed E-state index contributed by atoms with van der Waals surface area (Å²) in [5.74, 6) is 0. The molecule has 86 valence electrons. The van der Waals surface area contributed by atoms with Gasteiger partial charge in [0.1, 0.15) is 0 Å². The number of aliphatic hydroxyl groups is 1. The molecule has 0 atom stereocenters. The van der Waals surface area contributed by atoms with Crippen LogP contribution < -0.4 is 5.32 Å². The van der Waals surface area contributed by atoms with Gasteiger partial charge < -0.3 is 15.3 Å². The molecule has 0 aromatic heterocycles. The third kappa shape index (κ3) is 2.84. The summed E-state index contributed by atoms with van der Waals surface area (Å²) in [5.41, 5.74) is 0. The van der Waals surface area contributed by atoms with Gasteiger partial charge in [-0.3, -0.25) is 0 Å². The molecule has 2 N–H and O–H groups in total. The summed E-state index contributed by atoms with van der Waals surface area (Å²) in [6.45, 7) is 0.539. The number of urea groups is 1. The van der Waals surface area contributed by atoms with Crippen molar-refractivity contribution in [2.75, 3.05) is 13.2 Å². The van der Waals surface area contributed by atoms with E-state index in [1.54, 1.807) is 4.90 Å². The first kappa shape index (κ1) is 10.7. The maximum absolute atomic E-state index is 11.9. The van der Waals surface area contributed by atoms with E-state index in [1.807, 2.05) is 0 Å². The second kappa shape index (κ2) is 4.84. The highest BCUT2D eigenvalue weighted by Crippen LogP contribution is 2.27. The molecule has 0 aromatic carbocycles. The first-order valence-electron chi connectivity index (χ1n) is 5.99. The van der Waals surface area contributed by atoms with Crippen LogP contribution in [-0.2, 0) is 0 Å². The maximum Gasteiger partial charge on any atom is 0.317 e. The summed E-state index contributed by atoms with van der Waals surface area (Å²) in [6.07, 6.45) is 6.88. The Labute approximate surface area is 90.6 Å². The number of nitrogens with zero attached hydrogens (tertiary/aromatic N) is 1. The van der Waals surface area contributed by atoms with Gasteiger partial charge in [0, 0.05) is 18.6 Å². The van der Waals surface area contributed by atoms with Crippen molar-refractivity contribution >= 4 is 6.03 Å². The number of nitrogens with one attached hydrogen (secondary N) is 1. The first-order chi connectivity index (χ1) is 7.31. The second-order valence-electron chi connectivity index (χ2n) is 4.58. The van der Waals surface area contributed by atoms with Crippen LogP contribution in [0.2, 0.25) is 0 Å². The van der Waals surface area contributed by atoms with E-state index in [-0.39, 0.29) is 12.6 Å². The topological polar surface area (TPSA) is 52.6 Å². The van der Waals surface area contributed by atoms with Crippen LogP contribution in [0.4, 0.5) is 4.79 Å².